The summed E-state index contributed by atoms with van der Waals surface area (Å²) in [5.74, 6) is 0.529. The number of likely N-dealkylation sites (tertiary alicyclic amines) is 1. The molecule has 0 atom stereocenters. The second-order valence-electron chi connectivity index (χ2n) is 8.98. The largest absolute Gasteiger partial charge is 0.573 e. The summed E-state index contributed by atoms with van der Waals surface area (Å²) in [5.41, 5.74) is 3.78. The van der Waals surface area contributed by atoms with Crippen molar-refractivity contribution >= 4 is 5.91 Å². The summed E-state index contributed by atoms with van der Waals surface area (Å²) < 4.78 is 40.8. The van der Waals surface area contributed by atoms with Gasteiger partial charge >= 0.3 is 6.36 Å². The molecule has 0 saturated carbocycles. The third kappa shape index (κ3) is 5.82. The molecule has 0 bridgehead atoms. The Kier molecular flexibility index (Phi) is 6.74. The molecule has 0 aliphatic carbocycles. The van der Waals surface area contributed by atoms with Gasteiger partial charge in [0.2, 0.25) is 0 Å². The van der Waals surface area contributed by atoms with Crippen LogP contribution in [0.25, 0.3) is 0 Å². The van der Waals surface area contributed by atoms with Crippen LogP contribution in [-0.4, -0.2) is 42.2 Å². The summed E-state index contributed by atoms with van der Waals surface area (Å²) in [6.45, 7) is 3.27. The summed E-state index contributed by atoms with van der Waals surface area (Å²) in [6, 6.07) is 11.8. The molecule has 2 heterocycles. The fraction of sp³-hybridized carbons (Fsp3) is 0.480. The molecule has 2 aromatic rings. The van der Waals surface area contributed by atoms with E-state index in [0.717, 1.165) is 35.4 Å². The average Bonchev–Trinajstić information content (AvgIpc) is 3.05. The van der Waals surface area contributed by atoms with Crippen molar-refractivity contribution in [2.24, 2.45) is 5.92 Å². The minimum atomic E-state index is -4.71. The van der Waals surface area contributed by atoms with Crippen LogP contribution in [0.15, 0.2) is 42.5 Å². The monoisotopic (exact) mass is 446 g/mol. The highest BCUT2D eigenvalue weighted by Gasteiger charge is 2.31. The molecule has 2 aromatic carbocycles. The topological polar surface area (TPSA) is 32.8 Å². The molecule has 0 unspecified atom stereocenters. The second kappa shape index (κ2) is 9.53. The normalized spacial score (nSPS) is 17.6. The van der Waals surface area contributed by atoms with E-state index >= 15 is 0 Å². The first-order valence-electron chi connectivity index (χ1n) is 11.2. The predicted molar refractivity (Wildman–Crippen MR) is 116 cm³/mol. The maximum Gasteiger partial charge on any atom is 0.573 e. The van der Waals surface area contributed by atoms with Crippen LogP contribution in [0.3, 0.4) is 0 Å². The zero-order valence-corrected chi connectivity index (χ0v) is 18.3. The number of carbonyl (C=O) groups is 1. The van der Waals surface area contributed by atoms with E-state index in [1.807, 2.05) is 6.07 Å². The first-order valence-corrected chi connectivity index (χ1v) is 11.2. The van der Waals surface area contributed by atoms with E-state index in [-0.39, 0.29) is 11.7 Å². The van der Waals surface area contributed by atoms with Crippen molar-refractivity contribution in [1.82, 2.24) is 9.80 Å². The smallest absolute Gasteiger partial charge is 0.406 e. The van der Waals surface area contributed by atoms with Gasteiger partial charge in [0, 0.05) is 18.7 Å². The van der Waals surface area contributed by atoms with Gasteiger partial charge in [0.15, 0.2) is 0 Å². The van der Waals surface area contributed by atoms with Crippen LogP contribution in [0.1, 0.15) is 52.7 Å². The Hall–Kier alpha value is -2.54. The first-order chi connectivity index (χ1) is 15.3. The standard InChI is InChI=1S/C25H29F3N2O2/c1-29-13-11-18(12-14-29)3-2-4-19-7-10-23-21(15-19)17-30(24(23)31)16-20-5-8-22(9-6-20)32-25(26,27)28/h5-10,15,18H,2-4,11-14,16-17H2,1H3. The van der Waals surface area contributed by atoms with Gasteiger partial charge in [-0.15, -0.1) is 13.2 Å². The van der Waals surface area contributed by atoms with Gasteiger partial charge < -0.3 is 14.5 Å². The van der Waals surface area contributed by atoms with E-state index in [1.54, 1.807) is 17.0 Å². The maximum atomic E-state index is 12.8. The molecule has 2 aliphatic rings. The lowest BCUT2D eigenvalue weighted by molar-refractivity contribution is -0.274. The molecule has 32 heavy (non-hydrogen) atoms. The van der Waals surface area contributed by atoms with Crippen molar-refractivity contribution < 1.29 is 22.7 Å². The number of ether oxygens (including phenoxy) is 1. The molecule has 0 aromatic heterocycles. The van der Waals surface area contributed by atoms with Gasteiger partial charge in [-0.05, 0) is 86.6 Å². The van der Waals surface area contributed by atoms with E-state index in [9.17, 15) is 18.0 Å². The number of alkyl halides is 3. The lowest BCUT2D eigenvalue weighted by atomic mass is 9.90. The number of rotatable bonds is 7. The minimum absolute atomic E-state index is 0.0338. The Morgan fingerprint density at radius 1 is 1.03 bits per heavy atom. The van der Waals surface area contributed by atoms with Crippen LogP contribution >= 0.6 is 0 Å². The summed E-state index contributed by atoms with van der Waals surface area (Å²) in [5, 5.41) is 0. The van der Waals surface area contributed by atoms with E-state index in [0.29, 0.717) is 13.1 Å². The highest BCUT2D eigenvalue weighted by atomic mass is 19.4. The van der Waals surface area contributed by atoms with Crippen LogP contribution in [0.4, 0.5) is 13.2 Å². The van der Waals surface area contributed by atoms with Crippen LogP contribution < -0.4 is 4.74 Å². The van der Waals surface area contributed by atoms with Crippen LogP contribution in [0, 0.1) is 5.92 Å². The van der Waals surface area contributed by atoms with Gasteiger partial charge in [0.25, 0.3) is 5.91 Å². The molecule has 1 fully saturated rings. The Morgan fingerprint density at radius 2 is 1.72 bits per heavy atom. The van der Waals surface area contributed by atoms with E-state index in [1.165, 1.54) is 50.0 Å². The molecule has 0 radical (unpaired) electrons. The highest BCUT2D eigenvalue weighted by Crippen LogP contribution is 2.28. The lowest BCUT2D eigenvalue weighted by Gasteiger charge is -2.28. The number of piperidine rings is 1. The Morgan fingerprint density at radius 3 is 2.41 bits per heavy atom. The Bertz CT molecular complexity index is 935. The van der Waals surface area contributed by atoms with Gasteiger partial charge in [0.1, 0.15) is 5.75 Å². The van der Waals surface area contributed by atoms with E-state index in [2.05, 4.69) is 28.8 Å². The number of carbonyl (C=O) groups excluding carboxylic acids is 1. The number of hydrogen-bond acceptors (Lipinski definition) is 3. The molecule has 0 N–H and O–H groups in total. The van der Waals surface area contributed by atoms with Crippen molar-refractivity contribution in [3.05, 3.63) is 64.7 Å². The molecule has 4 rings (SSSR count). The van der Waals surface area contributed by atoms with Gasteiger partial charge in [-0.25, -0.2) is 0 Å². The van der Waals surface area contributed by atoms with Crippen molar-refractivity contribution in [1.29, 1.82) is 0 Å². The number of amides is 1. The molecular formula is C25H29F3N2O2. The number of fused-ring (bicyclic) bond motifs is 1. The third-order valence-corrected chi connectivity index (χ3v) is 6.49. The van der Waals surface area contributed by atoms with E-state index in [4.69, 9.17) is 0 Å². The second-order valence-corrected chi connectivity index (χ2v) is 8.98. The lowest BCUT2D eigenvalue weighted by Crippen LogP contribution is -2.30. The summed E-state index contributed by atoms with van der Waals surface area (Å²) >= 11 is 0. The van der Waals surface area contributed by atoms with Crippen LogP contribution in [-0.2, 0) is 19.5 Å². The van der Waals surface area contributed by atoms with Crippen molar-refractivity contribution in [3.8, 4) is 5.75 Å². The van der Waals surface area contributed by atoms with Gasteiger partial charge in [-0.2, -0.15) is 0 Å². The molecule has 7 heteroatoms. The summed E-state index contributed by atoms with van der Waals surface area (Å²) in [7, 11) is 2.18. The van der Waals surface area contributed by atoms with Crippen molar-refractivity contribution in [3.63, 3.8) is 0 Å². The first kappa shape index (κ1) is 22.6. The van der Waals surface area contributed by atoms with Crippen LogP contribution in [0.2, 0.25) is 0 Å². The number of nitrogens with zero attached hydrogens (tertiary/aromatic N) is 2. The average molecular weight is 447 g/mol. The zero-order valence-electron chi connectivity index (χ0n) is 18.3. The quantitative estimate of drug-likeness (QED) is 0.571. The van der Waals surface area contributed by atoms with E-state index < -0.39 is 6.36 Å². The Labute approximate surface area is 187 Å². The highest BCUT2D eigenvalue weighted by molar-refractivity contribution is 5.98. The minimum Gasteiger partial charge on any atom is -0.406 e. The molecule has 172 valence electrons. The van der Waals surface area contributed by atoms with Crippen molar-refractivity contribution in [2.75, 3.05) is 20.1 Å². The molecule has 4 nitrogen and oxygen atoms in total. The molecule has 1 saturated heterocycles. The van der Waals surface area contributed by atoms with Gasteiger partial charge in [0.05, 0.1) is 0 Å². The summed E-state index contributed by atoms with van der Waals surface area (Å²) in [6.07, 6.45) is 1.30. The SMILES string of the molecule is CN1CCC(CCCc2ccc3c(c2)CN(Cc2ccc(OC(F)(F)F)cc2)C3=O)CC1. The van der Waals surface area contributed by atoms with Crippen molar-refractivity contribution in [2.45, 2.75) is 51.6 Å². The summed E-state index contributed by atoms with van der Waals surface area (Å²) in [4.78, 5) is 16.9. The number of benzene rings is 2. The maximum absolute atomic E-state index is 12.8. The van der Waals surface area contributed by atoms with Crippen LogP contribution in [0.5, 0.6) is 5.75 Å². The number of aryl methyl sites for hydroxylation is 1. The fourth-order valence-corrected chi connectivity index (χ4v) is 4.68. The number of halogens is 3. The number of hydrogen-bond donors (Lipinski definition) is 0. The third-order valence-electron chi connectivity index (χ3n) is 6.49. The molecular weight excluding hydrogens is 417 g/mol. The molecule has 1 amide bonds. The Balaban J connectivity index is 1.30. The van der Waals surface area contributed by atoms with Gasteiger partial charge in [-0.1, -0.05) is 30.7 Å². The molecule has 2 aliphatic heterocycles. The van der Waals surface area contributed by atoms with Gasteiger partial charge in [-0.3, -0.25) is 4.79 Å². The fourth-order valence-electron chi connectivity index (χ4n) is 4.68. The predicted octanol–water partition coefficient (Wildman–Crippen LogP) is 5.41. The molecule has 0 spiro atoms. The zero-order chi connectivity index (χ0) is 22.7.